The van der Waals surface area contributed by atoms with Gasteiger partial charge in [-0.3, -0.25) is 0 Å². The Hall–Kier alpha value is -8.41. The van der Waals surface area contributed by atoms with Gasteiger partial charge in [0.15, 0.2) is 17.5 Å². The number of furan rings is 1. The van der Waals surface area contributed by atoms with E-state index < -0.39 is 0 Å². The van der Waals surface area contributed by atoms with Crippen molar-refractivity contribution in [3.63, 3.8) is 0 Å². The largest absolute Gasteiger partial charge is 0.456 e. The summed E-state index contributed by atoms with van der Waals surface area (Å²) in [5.41, 5.74) is 14.2. The van der Waals surface area contributed by atoms with Crippen LogP contribution in [0, 0.1) is 0 Å². The maximum absolute atomic E-state index is 6.36. The predicted octanol–water partition coefficient (Wildman–Crippen LogP) is 14.9. The van der Waals surface area contributed by atoms with Crippen molar-refractivity contribution in [2.24, 2.45) is 0 Å². The Labute approximate surface area is 357 Å². The number of fused-ring (bicyclic) bond motifs is 6. The summed E-state index contributed by atoms with van der Waals surface area (Å²) in [7, 11) is 0. The van der Waals surface area contributed by atoms with Crippen molar-refractivity contribution >= 4 is 43.7 Å². The minimum Gasteiger partial charge on any atom is -0.456 e. The lowest BCUT2D eigenvalue weighted by Crippen LogP contribution is -2.02. The van der Waals surface area contributed by atoms with E-state index in [9.17, 15) is 0 Å². The van der Waals surface area contributed by atoms with Crippen molar-refractivity contribution in [2.45, 2.75) is 0 Å². The average molecular weight is 793 g/mol. The lowest BCUT2D eigenvalue weighted by Gasteiger charge is -2.19. The third kappa shape index (κ3) is 6.06. The lowest BCUT2D eigenvalue weighted by molar-refractivity contribution is 0.669. The van der Waals surface area contributed by atoms with E-state index in [1.807, 2.05) is 42.5 Å². The van der Waals surface area contributed by atoms with Crippen LogP contribution in [0.25, 0.3) is 117 Å². The summed E-state index contributed by atoms with van der Waals surface area (Å²) in [5.74, 6) is 1.74. The Bertz CT molecular complexity index is 3610. The third-order valence-electron chi connectivity index (χ3n) is 11.9. The summed E-state index contributed by atoms with van der Waals surface area (Å²) < 4.78 is 8.72. The van der Waals surface area contributed by atoms with Crippen LogP contribution in [0.4, 0.5) is 0 Å². The summed E-state index contributed by atoms with van der Waals surface area (Å²) in [4.78, 5) is 15.9. The fourth-order valence-electron chi connectivity index (χ4n) is 8.96. The van der Waals surface area contributed by atoms with Gasteiger partial charge >= 0.3 is 0 Å². The molecule has 0 aliphatic heterocycles. The van der Waals surface area contributed by atoms with Crippen LogP contribution in [-0.2, 0) is 0 Å². The van der Waals surface area contributed by atoms with Crippen LogP contribution in [0.5, 0.6) is 0 Å². The molecule has 3 heterocycles. The van der Waals surface area contributed by atoms with Crippen LogP contribution in [0.15, 0.2) is 223 Å². The van der Waals surface area contributed by atoms with E-state index in [1.165, 1.54) is 16.3 Å². The number of hydrogen-bond acceptors (Lipinski definition) is 4. The molecule has 0 bridgehead atoms. The fourth-order valence-corrected chi connectivity index (χ4v) is 8.96. The van der Waals surface area contributed by atoms with Gasteiger partial charge in [0.1, 0.15) is 11.2 Å². The van der Waals surface area contributed by atoms with Gasteiger partial charge in [-0.2, -0.15) is 0 Å². The topological polar surface area (TPSA) is 56.7 Å². The number of para-hydroxylation sites is 3. The summed E-state index contributed by atoms with van der Waals surface area (Å²) in [6, 6.07) is 76.5. The molecule has 0 fully saturated rings. The van der Waals surface area contributed by atoms with Gasteiger partial charge in [-0.05, 0) is 88.5 Å². The average Bonchev–Trinajstić information content (AvgIpc) is 3.89. The molecule has 0 unspecified atom stereocenters. The molecule has 0 spiro atoms. The zero-order valence-corrected chi connectivity index (χ0v) is 33.5. The predicted molar refractivity (Wildman–Crippen MR) is 254 cm³/mol. The third-order valence-corrected chi connectivity index (χ3v) is 11.9. The molecule has 0 saturated carbocycles. The van der Waals surface area contributed by atoms with Gasteiger partial charge in [-0.25, -0.2) is 15.0 Å². The molecule has 5 heteroatoms. The zero-order chi connectivity index (χ0) is 41.0. The maximum Gasteiger partial charge on any atom is 0.164 e. The van der Waals surface area contributed by atoms with E-state index in [2.05, 4.69) is 180 Å². The molecule has 290 valence electrons. The smallest absolute Gasteiger partial charge is 0.164 e. The monoisotopic (exact) mass is 792 g/mol. The van der Waals surface area contributed by atoms with E-state index in [4.69, 9.17) is 19.4 Å². The van der Waals surface area contributed by atoms with Gasteiger partial charge in [-0.15, -0.1) is 0 Å². The number of hydrogen-bond donors (Lipinski definition) is 0. The fraction of sp³-hybridized carbons (Fsp3) is 0. The Morgan fingerprint density at radius 1 is 0.306 bits per heavy atom. The normalized spacial score (nSPS) is 11.5. The molecule has 12 aromatic rings. The summed E-state index contributed by atoms with van der Waals surface area (Å²) in [6.45, 7) is 0. The molecule has 0 atom stereocenters. The molecule has 0 aliphatic carbocycles. The van der Waals surface area contributed by atoms with Gasteiger partial charge in [0.05, 0.1) is 11.0 Å². The van der Waals surface area contributed by atoms with E-state index in [-0.39, 0.29) is 0 Å². The van der Waals surface area contributed by atoms with Gasteiger partial charge in [0, 0.05) is 49.5 Å². The first-order chi connectivity index (χ1) is 30.7. The second-order valence-electron chi connectivity index (χ2n) is 15.6. The van der Waals surface area contributed by atoms with Crippen LogP contribution in [0.2, 0.25) is 0 Å². The standard InChI is InChI=1S/C57H36N4O/c1-5-17-37(18-6-1)42-34-47(40-30-32-51-48(33-40)44-25-13-15-27-50(44)61(51)43-23-11-4-12-24-43)54(38-19-7-2-8-20-38)49(35-42)57-59-55(39-21-9-3-10-22-39)58-56(60-57)41-29-31-46-45-26-14-16-28-52(45)62-53(46)36-41/h1-36H. The Morgan fingerprint density at radius 2 is 0.855 bits per heavy atom. The van der Waals surface area contributed by atoms with Crippen LogP contribution in [-0.4, -0.2) is 19.5 Å². The summed E-state index contributed by atoms with van der Waals surface area (Å²) in [5, 5.41) is 4.51. The van der Waals surface area contributed by atoms with E-state index in [0.717, 1.165) is 83.2 Å². The number of benzene rings is 9. The number of nitrogens with zero attached hydrogens (tertiary/aromatic N) is 4. The SMILES string of the molecule is c1ccc(-c2cc(-c3ccc4c(c3)c3ccccc3n4-c3ccccc3)c(-c3ccccc3)c(-c3nc(-c4ccccc4)nc(-c4ccc5c(c4)oc4ccccc45)n3)c2)cc1. The Balaban J connectivity index is 1.14. The lowest BCUT2D eigenvalue weighted by atomic mass is 9.86. The molecule has 0 N–H and O–H groups in total. The second-order valence-corrected chi connectivity index (χ2v) is 15.6. The quantitative estimate of drug-likeness (QED) is 0.161. The number of rotatable bonds is 7. The molecule has 12 rings (SSSR count). The molecule has 5 nitrogen and oxygen atoms in total. The van der Waals surface area contributed by atoms with Crippen LogP contribution >= 0.6 is 0 Å². The zero-order valence-electron chi connectivity index (χ0n) is 33.5. The minimum absolute atomic E-state index is 0.567. The molecule has 0 saturated heterocycles. The first-order valence-corrected chi connectivity index (χ1v) is 20.8. The highest BCUT2D eigenvalue weighted by molar-refractivity contribution is 6.11. The molecule has 0 radical (unpaired) electrons. The molecule has 9 aromatic carbocycles. The Kier molecular flexibility index (Phi) is 8.42. The number of aromatic nitrogens is 4. The van der Waals surface area contributed by atoms with Gasteiger partial charge in [-0.1, -0.05) is 158 Å². The first-order valence-electron chi connectivity index (χ1n) is 20.8. The van der Waals surface area contributed by atoms with E-state index in [0.29, 0.717) is 17.5 Å². The van der Waals surface area contributed by atoms with Crippen molar-refractivity contribution < 1.29 is 4.42 Å². The maximum atomic E-state index is 6.36. The highest BCUT2D eigenvalue weighted by Crippen LogP contribution is 2.45. The highest BCUT2D eigenvalue weighted by atomic mass is 16.3. The minimum atomic E-state index is 0.567. The molecule has 62 heavy (non-hydrogen) atoms. The molecular weight excluding hydrogens is 757 g/mol. The van der Waals surface area contributed by atoms with Crippen LogP contribution < -0.4 is 0 Å². The van der Waals surface area contributed by atoms with Crippen molar-refractivity contribution in [3.8, 4) is 73.2 Å². The van der Waals surface area contributed by atoms with Gasteiger partial charge in [0.2, 0.25) is 0 Å². The highest BCUT2D eigenvalue weighted by Gasteiger charge is 2.23. The van der Waals surface area contributed by atoms with Crippen molar-refractivity contribution in [1.29, 1.82) is 0 Å². The molecule has 0 amide bonds. The molecule has 0 aliphatic rings. The van der Waals surface area contributed by atoms with Crippen molar-refractivity contribution in [3.05, 3.63) is 218 Å². The van der Waals surface area contributed by atoms with Crippen LogP contribution in [0.1, 0.15) is 0 Å². The second kappa shape index (κ2) is 14.7. The first kappa shape index (κ1) is 35.5. The summed E-state index contributed by atoms with van der Waals surface area (Å²) in [6.07, 6.45) is 0. The summed E-state index contributed by atoms with van der Waals surface area (Å²) >= 11 is 0. The van der Waals surface area contributed by atoms with Crippen molar-refractivity contribution in [2.75, 3.05) is 0 Å². The van der Waals surface area contributed by atoms with E-state index in [1.54, 1.807) is 0 Å². The van der Waals surface area contributed by atoms with E-state index >= 15 is 0 Å². The van der Waals surface area contributed by atoms with Gasteiger partial charge < -0.3 is 8.98 Å². The van der Waals surface area contributed by atoms with Crippen LogP contribution in [0.3, 0.4) is 0 Å². The Morgan fingerprint density at radius 3 is 1.61 bits per heavy atom. The van der Waals surface area contributed by atoms with Crippen molar-refractivity contribution in [1.82, 2.24) is 19.5 Å². The van der Waals surface area contributed by atoms with Gasteiger partial charge in [0.25, 0.3) is 0 Å². The molecular formula is C57H36N4O. The molecule has 3 aromatic heterocycles.